The molecule has 1 unspecified atom stereocenters. The molecule has 19 heavy (non-hydrogen) atoms. The third kappa shape index (κ3) is 3.01. The van der Waals surface area contributed by atoms with Crippen LogP contribution in [-0.2, 0) is 0 Å². The minimum Gasteiger partial charge on any atom is -0.623 e. The lowest BCUT2D eigenvalue weighted by atomic mass is 10.1. The number of hydrogen-bond acceptors (Lipinski definition) is 4. The van der Waals surface area contributed by atoms with E-state index in [0.717, 1.165) is 0 Å². The summed E-state index contributed by atoms with van der Waals surface area (Å²) in [5.41, 5.74) is 1.00. The van der Waals surface area contributed by atoms with Crippen molar-refractivity contribution < 1.29 is 14.4 Å². The summed E-state index contributed by atoms with van der Waals surface area (Å²) in [4.78, 5) is 0. The fraction of sp³-hybridized carbons (Fsp3) is 0.143. The van der Waals surface area contributed by atoms with E-state index < -0.39 is 6.04 Å². The Morgan fingerprint density at radius 1 is 1.32 bits per heavy atom. The molecule has 1 aromatic heterocycles. The van der Waals surface area contributed by atoms with Gasteiger partial charge in [0.2, 0.25) is 12.3 Å². The first-order valence-electron chi connectivity index (χ1n) is 5.83. The van der Waals surface area contributed by atoms with E-state index in [-0.39, 0.29) is 0 Å². The zero-order chi connectivity index (χ0) is 13.7. The number of benzene rings is 1. The van der Waals surface area contributed by atoms with Crippen LogP contribution in [0, 0.1) is 5.21 Å². The molecule has 0 aliphatic carbocycles. The summed E-state index contributed by atoms with van der Waals surface area (Å²) >= 11 is 0. The summed E-state index contributed by atoms with van der Waals surface area (Å²) in [6.45, 7) is 1.66. The van der Waals surface area contributed by atoms with Crippen LogP contribution in [0.3, 0.4) is 0 Å². The second-order valence-electron chi connectivity index (χ2n) is 4.03. The van der Waals surface area contributed by atoms with Gasteiger partial charge < -0.3 is 14.8 Å². The van der Waals surface area contributed by atoms with Crippen LogP contribution < -0.4 is 0 Å². The second-order valence-corrected chi connectivity index (χ2v) is 4.03. The van der Waals surface area contributed by atoms with Gasteiger partial charge in [-0.15, -0.1) is 0 Å². The first-order chi connectivity index (χ1) is 9.22. The van der Waals surface area contributed by atoms with Crippen LogP contribution >= 0.6 is 0 Å². The van der Waals surface area contributed by atoms with Gasteiger partial charge in [0.05, 0.1) is 6.26 Å². The van der Waals surface area contributed by atoms with E-state index in [1.165, 1.54) is 12.5 Å². The SMILES string of the molecule is CC(C(=NO)c1ccccc1)[N+]([O-])=Cc1ccco1. The minimum atomic E-state index is -0.627. The quantitative estimate of drug-likeness (QED) is 0.301. The van der Waals surface area contributed by atoms with Crippen LogP contribution in [-0.4, -0.2) is 27.9 Å². The molecular weight excluding hydrogens is 244 g/mol. The standard InChI is InChI=1S/C14H14N2O3/c1-11(16(18)10-13-8-5-9-19-13)14(15-17)12-6-3-2-4-7-12/h2-11,17H,1H3. The zero-order valence-electron chi connectivity index (χ0n) is 10.4. The van der Waals surface area contributed by atoms with Crippen molar-refractivity contribution in [3.05, 3.63) is 65.3 Å². The Bertz CT molecular complexity index is 574. The highest BCUT2D eigenvalue weighted by Gasteiger charge is 2.20. The maximum absolute atomic E-state index is 12.0. The van der Waals surface area contributed by atoms with E-state index >= 15 is 0 Å². The number of furan rings is 1. The van der Waals surface area contributed by atoms with Gasteiger partial charge in [-0.1, -0.05) is 35.5 Å². The van der Waals surface area contributed by atoms with Crippen LogP contribution in [0.15, 0.2) is 58.3 Å². The van der Waals surface area contributed by atoms with E-state index in [4.69, 9.17) is 9.62 Å². The van der Waals surface area contributed by atoms with Crippen LogP contribution in [0.4, 0.5) is 0 Å². The van der Waals surface area contributed by atoms with E-state index in [9.17, 15) is 5.21 Å². The smallest absolute Gasteiger partial charge is 0.218 e. The lowest BCUT2D eigenvalue weighted by Crippen LogP contribution is -2.29. The zero-order valence-corrected chi connectivity index (χ0v) is 10.4. The molecule has 0 spiro atoms. The summed E-state index contributed by atoms with van der Waals surface area (Å²) in [7, 11) is 0. The van der Waals surface area contributed by atoms with Gasteiger partial charge in [0.25, 0.3) is 0 Å². The summed E-state index contributed by atoms with van der Waals surface area (Å²) < 4.78 is 5.77. The molecule has 0 saturated heterocycles. The number of oxime groups is 1. The van der Waals surface area contributed by atoms with Crippen LogP contribution in [0.2, 0.25) is 0 Å². The summed E-state index contributed by atoms with van der Waals surface area (Å²) in [5, 5.41) is 24.3. The van der Waals surface area contributed by atoms with Gasteiger partial charge in [-0.05, 0) is 12.1 Å². The highest BCUT2D eigenvalue weighted by atomic mass is 16.5. The Hall–Kier alpha value is -2.56. The topological polar surface area (TPSA) is 71.8 Å². The molecule has 0 radical (unpaired) electrons. The average Bonchev–Trinajstić information content (AvgIpc) is 2.93. The molecule has 1 heterocycles. The Morgan fingerprint density at radius 2 is 2.05 bits per heavy atom. The van der Waals surface area contributed by atoms with E-state index in [2.05, 4.69) is 5.16 Å². The molecule has 0 bridgehead atoms. The fourth-order valence-electron chi connectivity index (χ4n) is 1.71. The van der Waals surface area contributed by atoms with Gasteiger partial charge in [-0.3, -0.25) is 0 Å². The molecule has 0 fully saturated rings. The Kier molecular flexibility index (Phi) is 3.97. The normalized spacial score (nSPS) is 14.4. The third-order valence-electron chi connectivity index (χ3n) is 2.75. The predicted octanol–water partition coefficient (Wildman–Crippen LogP) is 2.48. The molecule has 0 saturated carbocycles. The molecule has 2 aromatic rings. The Morgan fingerprint density at radius 3 is 2.63 bits per heavy atom. The number of rotatable bonds is 4. The van der Waals surface area contributed by atoms with Gasteiger partial charge in [0.1, 0.15) is 0 Å². The second kappa shape index (κ2) is 5.86. The first kappa shape index (κ1) is 12.9. The largest absolute Gasteiger partial charge is 0.623 e. The minimum absolute atomic E-state index is 0.304. The monoisotopic (exact) mass is 258 g/mol. The third-order valence-corrected chi connectivity index (χ3v) is 2.75. The molecule has 0 aliphatic rings. The maximum Gasteiger partial charge on any atom is 0.218 e. The number of hydroxylamine groups is 1. The Balaban J connectivity index is 2.25. The van der Waals surface area contributed by atoms with Crippen LogP contribution in [0.25, 0.3) is 0 Å². The molecule has 0 amide bonds. The molecular formula is C14H14N2O3. The van der Waals surface area contributed by atoms with Crippen LogP contribution in [0.5, 0.6) is 0 Å². The van der Waals surface area contributed by atoms with Crippen molar-refractivity contribution in [3.63, 3.8) is 0 Å². The van der Waals surface area contributed by atoms with E-state index in [1.54, 1.807) is 31.2 Å². The molecule has 0 aliphatic heterocycles. The van der Waals surface area contributed by atoms with Gasteiger partial charge >= 0.3 is 0 Å². The molecule has 1 aromatic carbocycles. The van der Waals surface area contributed by atoms with Crippen molar-refractivity contribution in [2.24, 2.45) is 5.16 Å². The van der Waals surface area contributed by atoms with Crippen molar-refractivity contribution >= 4 is 11.9 Å². The average molecular weight is 258 g/mol. The Labute approximate surface area is 110 Å². The first-order valence-corrected chi connectivity index (χ1v) is 5.83. The molecule has 5 heteroatoms. The van der Waals surface area contributed by atoms with E-state index in [0.29, 0.717) is 21.8 Å². The summed E-state index contributed by atoms with van der Waals surface area (Å²) in [6.07, 6.45) is 2.81. The summed E-state index contributed by atoms with van der Waals surface area (Å²) in [6, 6.07) is 11.8. The molecule has 5 nitrogen and oxygen atoms in total. The molecule has 2 rings (SSSR count). The van der Waals surface area contributed by atoms with Crippen molar-refractivity contribution in [1.82, 2.24) is 0 Å². The maximum atomic E-state index is 12.0. The fourth-order valence-corrected chi connectivity index (χ4v) is 1.71. The van der Waals surface area contributed by atoms with Crippen LogP contribution in [0.1, 0.15) is 18.2 Å². The van der Waals surface area contributed by atoms with Gasteiger partial charge in [0, 0.05) is 12.5 Å². The van der Waals surface area contributed by atoms with Gasteiger partial charge in [-0.2, -0.15) is 4.74 Å². The highest BCUT2D eigenvalue weighted by molar-refractivity contribution is 6.03. The lowest BCUT2D eigenvalue weighted by Gasteiger charge is -2.13. The van der Waals surface area contributed by atoms with Crippen molar-refractivity contribution in [2.45, 2.75) is 13.0 Å². The predicted molar refractivity (Wildman–Crippen MR) is 71.7 cm³/mol. The molecule has 1 N–H and O–H groups in total. The van der Waals surface area contributed by atoms with E-state index in [1.807, 2.05) is 18.2 Å². The van der Waals surface area contributed by atoms with Gasteiger partial charge in [-0.25, -0.2) is 0 Å². The van der Waals surface area contributed by atoms with Crippen molar-refractivity contribution in [3.8, 4) is 0 Å². The number of hydrogen-bond donors (Lipinski definition) is 1. The van der Waals surface area contributed by atoms with Crippen molar-refractivity contribution in [1.29, 1.82) is 0 Å². The highest BCUT2D eigenvalue weighted by Crippen LogP contribution is 2.07. The number of nitrogens with zero attached hydrogens (tertiary/aromatic N) is 2. The lowest BCUT2D eigenvalue weighted by molar-refractivity contribution is -0.471. The summed E-state index contributed by atoms with van der Waals surface area (Å²) in [5.74, 6) is 0.451. The van der Waals surface area contributed by atoms with Gasteiger partial charge in [0.15, 0.2) is 11.5 Å². The van der Waals surface area contributed by atoms with Crippen molar-refractivity contribution in [2.75, 3.05) is 0 Å². The molecule has 98 valence electrons. The molecule has 1 atom stereocenters.